The summed E-state index contributed by atoms with van der Waals surface area (Å²) in [6.07, 6.45) is 7.22. The van der Waals surface area contributed by atoms with Crippen LogP contribution in [-0.4, -0.2) is 59.5 Å². The number of rotatable bonds is 5. The third kappa shape index (κ3) is 6.22. The van der Waals surface area contributed by atoms with Gasteiger partial charge in [0.2, 0.25) is 5.91 Å². The molecule has 0 radical (unpaired) electrons. The first-order valence-electron chi connectivity index (χ1n) is 7.87. The number of halogens is 1. The largest absolute Gasteiger partial charge is 0.481 e. The molecular weight excluding hydrogens is 292 g/mol. The van der Waals surface area contributed by atoms with E-state index in [4.69, 9.17) is 5.11 Å². The van der Waals surface area contributed by atoms with Crippen LogP contribution >= 0.6 is 12.4 Å². The number of carbonyl (C=O) groups excluding carboxylic acids is 1. The highest BCUT2D eigenvalue weighted by Gasteiger charge is 2.24. The zero-order chi connectivity index (χ0) is 14.4. The Morgan fingerprint density at radius 2 is 1.62 bits per heavy atom. The van der Waals surface area contributed by atoms with Gasteiger partial charge in [-0.25, -0.2) is 0 Å². The normalized spacial score (nSPS) is 20.9. The van der Waals surface area contributed by atoms with Crippen molar-refractivity contribution in [2.24, 2.45) is 5.92 Å². The average molecular weight is 319 g/mol. The molecule has 0 spiro atoms. The first-order valence-corrected chi connectivity index (χ1v) is 7.87. The molecule has 0 unspecified atom stereocenters. The molecule has 1 N–H and O–H groups in total. The summed E-state index contributed by atoms with van der Waals surface area (Å²) in [6.45, 7) is 3.73. The Balaban J connectivity index is 0.00000220. The van der Waals surface area contributed by atoms with Crippen molar-refractivity contribution in [1.82, 2.24) is 9.80 Å². The summed E-state index contributed by atoms with van der Waals surface area (Å²) >= 11 is 0. The van der Waals surface area contributed by atoms with Crippen molar-refractivity contribution < 1.29 is 14.7 Å². The molecule has 2 fully saturated rings. The fraction of sp³-hybridized carbons (Fsp3) is 0.867. The molecule has 1 aliphatic heterocycles. The van der Waals surface area contributed by atoms with Crippen LogP contribution in [0, 0.1) is 5.92 Å². The van der Waals surface area contributed by atoms with E-state index in [1.807, 2.05) is 4.90 Å². The van der Waals surface area contributed by atoms with Crippen LogP contribution < -0.4 is 0 Å². The van der Waals surface area contributed by atoms with Crippen LogP contribution in [0.1, 0.15) is 44.9 Å². The Morgan fingerprint density at radius 1 is 1.00 bits per heavy atom. The summed E-state index contributed by atoms with van der Waals surface area (Å²) in [7, 11) is 0. The molecule has 6 heteroatoms. The van der Waals surface area contributed by atoms with Gasteiger partial charge in [0.15, 0.2) is 0 Å². The van der Waals surface area contributed by atoms with Gasteiger partial charge < -0.3 is 10.0 Å². The minimum absolute atomic E-state index is 0. The Bertz CT molecular complexity index is 338. The summed E-state index contributed by atoms with van der Waals surface area (Å²) in [6, 6.07) is 0. The molecule has 1 saturated heterocycles. The smallest absolute Gasteiger partial charge is 0.304 e. The van der Waals surface area contributed by atoms with E-state index in [2.05, 4.69) is 4.90 Å². The predicted molar refractivity (Wildman–Crippen MR) is 83.7 cm³/mol. The van der Waals surface area contributed by atoms with E-state index in [0.29, 0.717) is 18.4 Å². The van der Waals surface area contributed by atoms with Crippen LogP contribution in [0.3, 0.4) is 0 Å². The maximum atomic E-state index is 12.3. The molecule has 0 aromatic rings. The molecule has 2 rings (SSSR count). The Kier molecular flexibility index (Phi) is 8.04. The molecule has 1 amide bonds. The van der Waals surface area contributed by atoms with Gasteiger partial charge in [0.1, 0.15) is 0 Å². The topological polar surface area (TPSA) is 60.9 Å². The molecule has 1 saturated carbocycles. The number of nitrogens with zero attached hydrogens (tertiary/aromatic N) is 2. The molecule has 1 aliphatic carbocycles. The minimum atomic E-state index is -0.749. The van der Waals surface area contributed by atoms with E-state index in [1.54, 1.807) is 0 Å². The van der Waals surface area contributed by atoms with E-state index < -0.39 is 5.97 Å². The summed E-state index contributed by atoms with van der Waals surface area (Å²) in [5.41, 5.74) is 0. The number of carboxylic acid groups (broad SMARTS) is 1. The number of amides is 1. The fourth-order valence-electron chi connectivity index (χ4n) is 3.24. The minimum Gasteiger partial charge on any atom is -0.481 e. The molecule has 0 bridgehead atoms. The van der Waals surface area contributed by atoms with E-state index in [1.165, 1.54) is 32.1 Å². The molecule has 0 aromatic heterocycles. The standard InChI is InChI=1S/C15H26N2O3.ClH/c18-14(12-13-4-2-1-3-5-13)17-10-8-16(9-11-17)7-6-15(19)20;/h13H,1-12H2,(H,19,20);1H. The monoisotopic (exact) mass is 318 g/mol. The quantitative estimate of drug-likeness (QED) is 0.842. The van der Waals surface area contributed by atoms with Crippen molar-refractivity contribution >= 4 is 24.3 Å². The summed E-state index contributed by atoms with van der Waals surface area (Å²) in [4.78, 5) is 26.9. The van der Waals surface area contributed by atoms with E-state index in [-0.39, 0.29) is 18.8 Å². The van der Waals surface area contributed by atoms with Gasteiger partial charge in [-0.2, -0.15) is 0 Å². The Morgan fingerprint density at radius 3 is 2.19 bits per heavy atom. The molecular formula is C15H27ClN2O3. The van der Waals surface area contributed by atoms with Crippen molar-refractivity contribution in [2.75, 3.05) is 32.7 Å². The summed E-state index contributed by atoms with van der Waals surface area (Å²) in [5.74, 6) is 0.150. The van der Waals surface area contributed by atoms with Gasteiger partial charge >= 0.3 is 5.97 Å². The second kappa shape index (κ2) is 9.26. The molecule has 2 aliphatic rings. The van der Waals surface area contributed by atoms with Gasteiger partial charge in [0.05, 0.1) is 6.42 Å². The fourth-order valence-corrected chi connectivity index (χ4v) is 3.24. The molecule has 5 nitrogen and oxygen atoms in total. The number of carbonyl (C=O) groups is 2. The Labute approximate surface area is 133 Å². The number of aliphatic carboxylic acids is 1. The molecule has 0 aromatic carbocycles. The Hall–Kier alpha value is -0.810. The van der Waals surface area contributed by atoms with Crippen molar-refractivity contribution in [3.05, 3.63) is 0 Å². The van der Waals surface area contributed by atoms with Crippen LogP contribution in [0.15, 0.2) is 0 Å². The zero-order valence-electron chi connectivity index (χ0n) is 12.6. The number of hydrogen-bond acceptors (Lipinski definition) is 3. The lowest BCUT2D eigenvalue weighted by molar-refractivity contribution is -0.138. The van der Waals surface area contributed by atoms with Crippen molar-refractivity contribution in [3.8, 4) is 0 Å². The van der Waals surface area contributed by atoms with E-state index in [9.17, 15) is 9.59 Å². The van der Waals surface area contributed by atoms with Crippen LogP contribution in [0.2, 0.25) is 0 Å². The molecule has 1 heterocycles. The summed E-state index contributed by atoms with van der Waals surface area (Å²) < 4.78 is 0. The summed E-state index contributed by atoms with van der Waals surface area (Å²) in [5, 5.41) is 8.68. The highest BCUT2D eigenvalue weighted by molar-refractivity contribution is 5.85. The maximum absolute atomic E-state index is 12.3. The average Bonchev–Trinajstić information content (AvgIpc) is 2.46. The van der Waals surface area contributed by atoms with Gasteiger partial charge in [0.25, 0.3) is 0 Å². The van der Waals surface area contributed by atoms with Gasteiger partial charge in [0, 0.05) is 39.1 Å². The van der Waals surface area contributed by atoms with Gasteiger partial charge in [-0.15, -0.1) is 12.4 Å². The van der Waals surface area contributed by atoms with E-state index >= 15 is 0 Å². The second-order valence-corrected chi connectivity index (χ2v) is 6.07. The third-order valence-electron chi connectivity index (χ3n) is 4.55. The van der Waals surface area contributed by atoms with Crippen LogP contribution in [-0.2, 0) is 9.59 Å². The third-order valence-corrected chi connectivity index (χ3v) is 4.55. The van der Waals surface area contributed by atoms with Crippen LogP contribution in [0.25, 0.3) is 0 Å². The van der Waals surface area contributed by atoms with Crippen LogP contribution in [0.4, 0.5) is 0 Å². The first-order chi connectivity index (χ1) is 9.65. The lowest BCUT2D eigenvalue weighted by Crippen LogP contribution is -2.49. The zero-order valence-corrected chi connectivity index (χ0v) is 13.4. The second-order valence-electron chi connectivity index (χ2n) is 6.07. The number of piperazine rings is 1. The predicted octanol–water partition coefficient (Wildman–Crippen LogP) is 2.00. The molecule has 21 heavy (non-hydrogen) atoms. The lowest BCUT2D eigenvalue weighted by atomic mass is 9.86. The highest BCUT2D eigenvalue weighted by atomic mass is 35.5. The van der Waals surface area contributed by atoms with Crippen molar-refractivity contribution in [3.63, 3.8) is 0 Å². The lowest BCUT2D eigenvalue weighted by Gasteiger charge is -2.35. The highest BCUT2D eigenvalue weighted by Crippen LogP contribution is 2.26. The SMILES string of the molecule is Cl.O=C(O)CCN1CCN(C(=O)CC2CCCCC2)CC1. The maximum Gasteiger partial charge on any atom is 0.304 e. The van der Waals surface area contributed by atoms with Gasteiger partial charge in [-0.3, -0.25) is 14.5 Å². The van der Waals surface area contributed by atoms with Crippen molar-refractivity contribution in [1.29, 1.82) is 0 Å². The first kappa shape index (κ1) is 18.2. The van der Waals surface area contributed by atoms with Crippen molar-refractivity contribution in [2.45, 2.75) is 44.9 Å². The van der Waals surface area contributed by atoms with Crippen LogP contribution in [0.5, 0.6) is 0 Å². The number of hydrogen-bond donors (Lipinski definition) is 1. The molecule has 122 valence electrons. The number of carboxylic acids is 1. The van der Waals surface area contributed by atoms with Gasteiger partial charge in [-0.05, 0) is 18.8 Å². The van der Waals surface area contributed by atoms with E-state index in [0.717, 1.165) is 32.6 Å². The van der Waals surface area contributed by atoms with Gasteiger partial charge in [-0.1, -0.05) is 19.3 Å². The molecule has 0 atom stereocenters.